The Morgan fingerprint density at radius 1 is 1.47 bits per heavy atom. The van der Waals surface area contributed by atoms with Crippen molar-refractivity contribution in [3.63, 3.8) is 0 Å². The molecule has 0 aliphatic rings. The number of ether oxygens (including phenoxy) is 1. The van der Waals surface area contributed by atoms with E-state index < -0.39 is 0 Å². The monoisotopic (exact) mass is 266 g/mol. The van der Waals surface area contributed by atoms with Gasteiger partial charge in [-0.05, 0) is 31.9 Å². The lowest BCUT2D eigenvalue weighted by atomic mass is 10.1. The minimum absolute atomic E-state index is 0.0798. The zero-order chi connectivity index (χ0) is 14.6. The van der Waals surface area contributed by atoms with Crippen LogP contribution in [0.4, 0.5) is 0 Å². The van der Waals surface area contributed by atoms with Crippen LogP contribution in [0.15, 0.2) is 10.9 Å². The minimum atomic E-state index is -0.340. The number of rotatable bonds is 5. The molecule has 1 N–H and O–H groups in total. The second-order valence-electron chi connectivity index (χ2n) is 4.72. The summed E-state index contributed by atoms with van der Waals surface area (Å²) in [5.74, 6) is -0.340. The maximum atomic E-state index is 12.1. The Morgan fingerprint density at radius 3 is 2.63 bits per heavy atom. The van der Waals surface area contributed by atoms with Gasteiger partial charge in [-0.3, -0.25) is 9.59 Å². The first-order valence-corrected chi connectivity index (χ1v) is 6.39. The van der Waals surface area contributed by atoms with Gasteiger partial charge in [0.25, 0.3) is 11.5 Å². The molecular formula is C14H22N2O3. The summed E-state index contributed by atoms with van der Waals surface area (Å²) in [7, 11) is 3.26. The van der Waals surface area contributed by atoms with Crippen molar-refractivity contribution >= 4 is 5.91 Å². The van der Waals surface area contributed by atoms with Crippen molar-refractivity contribution in [2.45, 2.75) is 33.2 Å². The highest BCUT2D eigenvalue weighted by Gasteiger charge is 2.17. The molecular weight excluding hydrogens is 244 g/mol. The lowest BCUT2D eigenvalue weighted by molar-refractivity contribution is 0.0892. The van der Waals surface area contributed by atoms with Gasteiger partial charge in [-0.1, -0.05) is 6.92 Å². The summed E-state index contributed by atoms with van der Waals surface area (Å²) in [5, 5.41) is 2.82. The Balaban J connectivity index is 3.04. The molecule has 0 aromatic carbocycles. The fourth-order valence-corrected chi connectivity index (χ4v) is 1.87. The Hall–Kier alpha value is -1.62. The highest BCUT2D eigenvalue weighted by molar-refractivity contribution is 5.94. The molecule has 0 fully saturated rings. The normalized spacial score (nSPS) is 12.3. The average Bonchev–Trinajstić information content (AvgIpc) is 2.39. The summed E-state index contributed by atoms with van der Waals surface area (Å²) in [5.41, 5.74) is 1.70. The van der Waals surface area contributed by atoms with Crippen molar-refractivity contribution in [3.8, 4) is 0 Å². The van der Waals surface area contributed by atoms with Crippen LogP contribution in [0, 0.1) is 13.8 Å². The first-order chi connectivity index (χ1) is 8.92. The molecule has 1 aromatic rings. The van der Waals surface area contributed by atoms with Gasteiger partial charge in [0, 0.05) is 19.9 Å². The zero-order valence-electron chi connectivity index (χ0n) is 12.2. The molecule has 1 aromatic heterocycles. The highest BCUT2D eigenvalue weighted by Crippen LogP contribution is 2.05. The van der Waals surface area contributed by atoms with Gasteiger partial charge in [0.2, 0.25) is 0 Å². The molecule has 0 radical (unpaired) electrons. The van der Waals surface area contributed by atoms with Crippen LogP contribution in [0.25, 0.3) is 0 Å². The van der Waals surface area contributed by atoms with Gasteiger partial charge in [-0.25, -0.2) is 0 Å². The number of carbonyl (C=O) groups excluding carboxylic acids is 1. The Morgan fingerprint density at radius 2 is 2.11 bits per heavy atom. The number of nitrogens with one attached hydrogen (secondary N) is 1. The van der Waals surface area contributed by atoms with Crippen LogP contribution in [0.3, 0.4) is 0 Å². The van der Waals surface area contributed by atoms with Crippen molar-refractivity contribution < 1.29 is 9.53 Å². The maximum Gasteiger partial charge on any atom is 0.263 e. The molecule has 19 heavy (non-hydrogen) atoms. The summed E-state index contributed by atoms with van der Waals surface area (Å²) < 4.78 is 6.53. The van der Waals surface area contributed by atoms with Crippen molar-refractivity contribution in [3.05, 3.63) is 33.2 Å². The third-order valence-electron chi connectivity index (χ3n) is 3.41. The van der Waals surface area contributed by atoms with Crippen LogP contribution < -0.4 is 10.9 Å². The Kier molecular flexibility index (Phi) is 5.30. The van der Waals surface area contributed by atoms with Gasteiger partial charge in [-0.2, -0.15) is 0 Å². The van der Waals surface area contributed by atoms with E-state index in [1.54, 1.807) is 20.2 Å². The number of carbonyl (C=O) groups is 1. The van der Waals surface area contributed by atoms with E-state index in [4.69, 9.17) is 4.74 Å². The molecule has 1 heterocycles. The number of hydrogen-bond donors (Lipinski definition) is 1. The Bertz CT molecular complexity index is 520. The van der Waals surface area contributed by atoms with Crippen molar-refractivity contribution in [1.82, 2.24) is 9.88 Å². The topological polar surface area (TPSA) is 60.3 Å². The van der Waals surface area contributed by atoms with Crippen LogP contribution >= 0.6 is 0 Å². The van der Waals surface area contributed by atoms with E-state index in [9.17, 15) is 9.59 Å². The number of hydrogen-bond acceptors (Lipinski definition) is 3. The van der Waals surface area contributed by atoms with Crippen molar-refractivity contribution in [2.24, 2.45) is 7.05 Å². The smallest absolute Gasteiger partial charge is 0.263 e. The van der Waals surface area contributed by atoms with Gasteiger partial charge in [0.15, 0.2) is 0 Å². The quantitative estimate of drug-likeness (QED) is 0.870. The van der Waals surface area contributed by atoms with Crippen LogP contribution in [-0.2, 0) is 11.8 Å². The third-order valence-corrected chi connectivity index (χ3v) is 3.41. The van der Waals surface area contributed by atoms with E-state index in [1.807, 2.05) is 20.8 Å². The van der Waals surface area contributed by atoms with E-state index in [1.165, 1.54) is 4.57 Å². The summed E-state index contributed by atoms with van der Waals surface area (Å²) >= 11 is 0. The fourth-order valence-electron chi connectivity index (χ4n) is 1.87. The molecule has 1 rings (SSSR count). The van der Waals surface area contributed by atoms with E-state index >= 15 is 0 Å². The van der Waals surface area contributed by atoms with Crippen LogP contribution in [0.2, 0.25) is 0 Å². The molecule has 1 amide bonds. The predicted octanol–water partition coefficient (Wildman–Crippen LogP) is 1.16. The van der Waals surface area contributed by atoms with Crippen molar-refractivity contribution in [1.29, 1.82) is 0 Å². The number of nitrogens with zero attached hydrogens (tertiary/aromatic N) is 1. The molecule has 0 bridgehead atoms. The molecule has 0 aliphatic carbocycles. The highest BCUT2D eigenvalue weighted by atomic mass is 16.5. The molecule has 0 saturated heterocycles. The van der Waals surface area contributed by atoms with E-state index in [-0.39, 0.29) is 23.1 Å². The number of methoxy groups -OCH3 is 1. The van der Waals surface area contributed by atoms with E-state index in [2.05, 4.69) is 5.32 Å². The molecule has 1 atom stereocenters. The molecule has 5 heteroatoms. The maximum absolute atomic E-state index is 12.1. The number of amides is 1. The van der Waals surface area contributed by atoms with Gasteiger partial charge >= 0.3 is 0 Å². The van der Waals surface area contributed by atoms with Crippen LogP contribution in [0.5, 0.6) is 0 Å². The number of aromatic nitrogens is 1. The lowest BCUT2D eigenvalue weighted by Crippen LogP contribution is -2.41. The number of aryl methyl sites for hydroxylation is 1. The lowest BCUT2D eigenvalue weighted by Gasteiger charge is -2.16. The summed E-state index contributed by atoms with van der Waals surface area (Å²) in [6.07, 6.45) is 0.755. The summed E-state index contributed by atoms with van der Waals surface area (Å²) in [6, 6.07) is 1.57. The van der Waals surface area contributed by atoms with E-state index in [0.717, 1.165) is 17.7 Å². The molecule has 106 valence electrons. The zero-order valence-corrected chi connectivity index (χ0v) is 12.2. The van der Waals surface area contributed by atoms with E-state index in [0.29, 0.717) is 6.61 Å². The molecule has 5 nitrogen and oxygen atoms in total. The molecule has 0 aliphatic heterocycles. The second kappa shape index (κ2) is 6.52. The van der Waals surface area contributed by atoms with Crippen LogP contribution in [-0.4, -0.2) is 30.2 Å². The SMILES string of the molecule is CCC(COC)NC(=O)c1cc(C)c(C)n(C)c1=O. The fraction of sp³-hybridized carbons (Fsp3) is 0.571. The summed E-state index contributed by atoms with van der Waals surface area (Å²) in [4.78, 5) is 24.2. The Labute approximate surface area is 113 Å². The van der Waals surface area contributed by atoms with Crippen LogP contribution in [0.1, 0.15) is 35.0 Å². The molecule has 0 saturated carbocycles. The standard InChI is InChI=1S/C14H22N2O3/c1-6-11(8-19-5)15-13(17)12-7-9(2)10(3)16(4)14(12)18/h7,11H,6,8H2,1-5H3,(H,15,17). The minimum Gasteiger partial charge on any atom is -0.383 e. The summed E-state index contributed by atoms with van der Waals surface area (Å²) in [6.45, 7) is 6.14. The second-order valence-corrected chi connectivity index (χ2v) is 4.72. The third kappa shape index (κ3) is 3.44. The largest absolute Gasteiger partial charge is 0.383 e. The van der Waals surface area contributed by atoms with Gasteiger partial charge in [0.1, 0.15) is 5.56 Å². The first kappa shape index (κ1) is 15.4. The van der Waals surface area contributed by atoms with Gasteiger partial charge in [-0.15, -0.1) is 0 Å². The van der Waals surface area contributed by atoms with Gasteiger partial charge < -0.3 is 14.6 Å². The predicted molar refractivity (Wildman–Crippen MR) is 74.6 cm³/mol. The molecule has 1 unspecified atom stereocenters. The first-order valence-electron chi connectivity index (χ1n) is 6.39. The average molecular weight is 266 g/mol. The van der Waals surface area contributed by atoms with Gasteiger partial charge in [0.05, 0.1) is 12.6 Å². The van der Waals surface area contributed by atoms with Crippen molar-refractivity contribution in [2.75, 3.05) is 13.7 Å². The number of pyridine rings is 1. The molecule has 0 spiro atoms.